The van der Waals surface area contributed by atoms with Crippen molar-refractivity contribution in [3.63, 3.8) is 0 Å². The van der Waals surface area contributed by atoms with Gasteiger partial charge in [0.1, 0.15) is 5.75 Å². The molecule has 0 unspecified atom stereocenters. The smallest absolute Gasteiger partial charge is 0.337 e. The van der Waals surface area contributed by atoms with E-state index in [2.05, 4.69) is 10.1 Å². The van der Waals surface area contributed by atoms with Crippen molar-refractivity contribution in [3.05, 3.63) is 59.7 Å². The summed E-state index contributed by atoms with van der Waals surface area (Å²) in [6.45, 7) is 0.0580. The number of nitrogens with zero attached hydrogens (tertiary/aromatic N) is 1. The van der Waals surface area contributed by atoms with Crippen LogP contribution in [0, 0.1) is 0 Å². The molecule has 0 atom stereocenters. The first kappa shape index (κ1) is 21.4. The summed E-state index contributed by atoms with van der Waals surface area (Å²) in [6.07, 6.45) is 1.14. The normalized spacial score (nSPS) is 11.1. The molecule has 2 rings (SSSR count). The van der Waals surface area contributed by atoms with E-state index in [0.717, 1.165) is 11.8 Å². The molecule has 0 saturated heterocycles. The van der Waals surface area contributed by atoms with Gasteiger partial charge < -0.3 is 14.8 Å². The van der Waals surface area contributed by atoms with Crippen LogP contribution < -0.4 is 10.1 Å². The van der Waals surface area contributed by atoms with Crippen LogP contribution in [0.2, 0.25) is 0 Å². The van der Waals surface area contributed by atoms with Gasteiger partial charge in [-0.3, -0.25) is 4.79 Å². The number of benzene rings is 2. The molecule has 0 aliphatic heterocycles. The highest BCUT2D eigenvalue weighted by Crippen LogP contribution is 2.15. The minimum atomic E-state index is -3.25. The zero-order chi connectivity index (χ0) is 20.7. The standard InChI is InChI=1S/C19H22N2O6S/c1-21(28(3,24)25)12-14-4-10-17(11-5-14)27-13-18(22)20-16-8-6-15(7-9-16)19(23)26-2/h4-11H,12-13H2,1-3H3,(H,20,22). The number of hydrogen-bond acceptors (Lipinski definition) is 6. The molecule has 0 heterocycles. The van der Waals surface area contributed by atoms with E-state index in [1.165, 1.54) is 18.5 Å². The van der Waals surface area contributed by atoms with Gasteiger partial charge >= 0.3 is 5.97 Å². The Kier molecular flexibility index (Phi) is 7.13. The van der Waals surface area contributed by atoms with Crippen molar-refractivity contribution >= 4 is 27.6 Å². The number of rotatable bonds is 8. The Morgan fingerprint density at radius 1 is 1.04 bits per heavy atom. The number of carbonyl (C=O) groups excluding carboxylic acids is 2. The average Bonchev–Trinajstić information content (AvgIpc) is 2.66. The maximum absolute atomic E-state index is 12.0. The van der Waals surface area contributed by atoms with Crippen LogP contribution in [0.25, 0.3) is 0 Å². The van der Waals surface area contributed by atoms with Crippen LogP contribution in [0.1, 0.15) is 15.9 Å². The van der Waals surface area contributed by atoms with Gasteiger partial charge in [-0.05, 0) is 42.0 Å². The van der Waals surface area contributed by atoms with Gasteiger partial charge in [0.25, 0.3) is 5.91 Å². The quantitative estimate of drug-likeness (QED) is 0.672. The van der Waals surface area contributed by atoms with Gasteiger partial charge in [0.05, 0.1) is 18.9 Å². The molecule has 28 heavy (non-hydrogen) atoms. The van der Waals surface area contributed by atoms with Gasteiger partial charge in [0.2, 0.25) is 10.0 Å². The van der Waals surface area contributed by atoms with Crippen molar-refractivity contribution in [2.24, 2.45) is 0 Å². The third-order valence-electron chi connectivity index (χ3n) is 3.85. The van der Waals surface area contributed by atoms with Gasteiger partial charge in [-0.15, -0.1) is 0 Å². The molecule has 0 aromatic heterocycles. The van der Waals surface area contributed by atoms with E-state index in [4.69, 9.17) is 4.74 Å². The molecule has 0 bridgehead atoms. The molecule has 1 N–H and O–H groups in total. The Labute approximate surface area is 164 Å². The summed E-state index contributed by atoms with van der Waals surface area (Å²) in [7, 11) is -0.449. The second kappa shape index (κ2) is 9.34. The average molecular weight is 406 g/mol. The van der Waals surface area contributed by atoms with Crippen LogP contribution in [0.4, 0.5) is 5.69 Å². The van der Waals surface area contributed by atoms with Crippen molar-refractivity contribution < 1.29 is 27.5 Å². The largest absolute Gasteiger partial charge is 0.484 e. The van der Waals surface area contributed by atoms with Crippen molar-refractivity contribution in [1.82, 2.24) is 4.31 Å². The Balaban J connectivity index is 1.85. The van der Waals surface area contributed by atoms with E-state index in [1.807, 2.05) is 0 Å². The first-order valence-electron chi connectivity index (χ1n) is 8.30. The fraction of sp³-hybridized carbons (Fsp3) is 0.263. The maximum Gasteiger partial charge on any atom is 0.337 e. The number of hydrogen-bond donors (Lipinski definition) is 1. The summed E-state index contributed by atoms with van der Waals surface area (Å²) in [5, 5.41) is 2.66. The molecule has 150 valence electrons. The Bertz CT molecular complexity index is 924. The highest BCUT2D eigenvalue weighted by atomic mass is 32.2. The van der Waals surface area contributed by atoms with Crippen LogP contribution in [-0.4, -0.2) is 51.6 Å². The number of carbonyl (C=O) groups is 2. The van der Waals surface area contributed by atoms with Crippen LogP contribution in [-0.2, 0) is 26.1 Å². The highest BCUT2D eigenvalue weighted by molar-refractivity contribution is 7.88. The summed E-state index contributed by atoms with van der Waals surface area (Å²) < 4.78 is 34.1. The number of methoxy groups -OCH3 is 1. The molecule has 2 aromatic carbocycles. The van der Waals surface area contributed by atoms with Gasteiger partial charge in [0, 0.05) is 19.3 Å². The number of esters is 1. The zero-order valence-corrected chi connectivity index (χ0v) is 16.7. The van der Waals surface area contributed by atoms with Crippen molar-refractivity contribution in [1.29, 1.82) is 0 Å². The Morgan fingerprint density at radius 3 is 2.18 bits per heavy atom. The second-order valence-electron chi connectivity index (χ2n) is 6.07. The molecule has 2 aromatic rings. The number of sulfonamides is 1. The molecular formula is C19H22N2O6S. The van der Waals surface area contributed by atoms with Crippen molar-refractivity contribution in [3.8, 4) is 5.75 Å². The van der Waals surface area contributed by atoms with Crippen LogP contribution in [0.15, 0.2) is 48.5 Å². The van der Waals surface area contributed by atoms with Gasteiger partial charge in [-0.1, -0.05) is 12.1 Å². The van der Waals surface area contributed by atoms with Crippen LogP contribution in [0.5, 0.6) is 5.75 Å². The fourth-order valence-electron chi connectivity index (χ4n) is 2.22. The van der Waals surface area contributed by atoms with Gasteiger partial charge in [-0.2, -0.15) is 0 Å². The molecule has 8 nitrogen and oxygen atoms in total. The zero-order valence-electron chi connectivity index (χ0n) is 15.8. The van der Waals surface area contributed by atoms with Gasteiger partial charge in [0.15, 0.2) is 6.61 Å². The van der Waals surface area contributed by atoms with Gasteiger partial charge in [-0.25, -0.2) is 17.5 Å². The number of amides is 1. The lowest BCUT2D eigenvalue weighted by Crippen LogP contribution is -2.24. The summed E-state index contributed by atoms with van der Waals surface area (Å²) >= 11 is 0. The Morgan fingerprint density at radius 2 is 1.64 bits per heavy atom. The predicted molar refractivity (Wildman–Crippen MR) is 105 cm³/mol. The monoisotopic (exact) mass is 406 g/mol. The van der Waals surface area contributed by atoms with Crippen molar-refractivity contribution in [2.75, 3.05) is 32.3 Å². The molecule has 0 aliphatic rings. The molecule has 0 saturated carbocycles. The molecule has 9 heteroatoms. The number of anilines is 1. The summed E-state index contributed by atoms with van der Waals surface area (Å²) in [4.78, 5) is 23.4. The molecule has 0 fully saturated rings. The lowest BCUT2D eigenvalue weighted by molar-refractivity contribution is -0.118. The number of ether oxygens (including phenoxy) is 2. The van der Waals surface area contributed by atoms with E-state index in [0.29, 0.717) is 17.0 Å². The molecule has 1 amide bonds. The summed E-state index contributed by atoms with van der Waals surface area (Å²) in [6, 6.07) is 13.1. The maximum atomic E-state index is 12.0. The fourth-order valence-corrected chi connectivity index (χ4v) is 2.60. The Hall–Kier alpha value is -2.91. The minimum absolute atomic E-state index is 0.193. The molecular weight excluding hydrogens is 384 g/mol. The SMILES string of the molecule is COC(=O)c1ccc(NC(=O)COc2ccc(CN(C)S(C)(=O)=O)cc2)cc1. The molecule has 0 spiro atoms. The summed E-state index contributed by atoms with van der Waals surface area (Å²) in [5.41, 5.74) is 1.72. The molecule has 0 radical (unpaired) electrons. The lowest BCUT2D eigenvalue weighted by atomic mass is 10.2. The second-order valence-corrected chi connectivity index (χ2v) is 8.16. The molecule has 0 aliphatic carbocycles. The number of nitrogens with one attached hydrogen (secondary N) is 1. The van der Waals surface area contributed by atoms with Crippen LogP contribution >= 0.6 is 0 Å². The van der Waals surface area contributed by atoms with E-state index in [1.54, 1.807) is 48.5 Å². The predicted octanol–water partition coefficient (Wildman–Crippen LogP) is 1.88. The van der Waals surface area contributed by atoms with E-state index >= 15 is 0 Å². The van der Waals surface area contributed by atoms with Crippen molar-refractivity contribution in [2.45, 2.75) is 6.54 Å². The van der Waals surface area contributed by atoms with E-state index in [9.17, 15) is 18.0 Å². The third kappa shape index (κ3) is 6.36. The van der Waals surface area contributed by atoms with E-state index < -0.39 is 16.0 Å². The van der Waals surface area contributed by atoms with Crippen LogP contribution in [0.3, 0.4) is 0 Å². The lowest BCUT2D eigenvalue weighted by Gasteiger charge is -2.14. The topological polar surface area (TPSA) is 102 Å². The minimum Gasteiger partial charge on any atom is -0.484 e. The highest BCUT2D eigenvalue weighted by Gasteiger charge is 2.11. The first-order valence-corrected chi connectivity index (χ1v) is 10.1. The van der Waals surface area contributed by atoms with E-state index in [-0.39, 0.29) is 19.1 Å². The summed E-state index contributed by atoms with van der Waals surface area (Å²) in [5.74, 6) is -0.318. The first-order chi connectivity index (χ1) is 13.2. The third-order valence-corrected chi connectivity index (χ3v) is 5.12.